The topological polar surface area (TPSA) is 82.5 Å². The van der Waals surface area contributed by atoms with E-state index in [-0.39, 0.29) is 12.7 Å². The number of aryl methyl sites for hydroxylation is 2. The predicted octanol–water partition coefficient (Wildman–Crippen LogP) is 0.136. The Morgan fingerprint density at radius 2 is 2.24 bits per heavy atom. The smallest absolute Gasteiger partial charge is 0.217 e. The molecule has 0 aliphatic rings. The van der Waals surface area contributed by atoms with Gasteiger partial charge in [0, 0.05) is 26.8 Å². The van der Waals surface area contributed by atoms with Gasteiger partial charge in [-0.1, -0.05) is 0 Å². The summed E-state index contributed by atoms with van der Waals surface area (Å²) in [6, 6.07) is 0. The number of aliphatic hydroxyl groups excluding tert-OH is 1. The second kappa shape index (κ2) is 6.58. The van der Waals surface area contributed by atoms with Gasteiger partial charge in [-0.25, -0.2) is 4.68 Å². The van der Waals surface area contributed by atoms with Crippen molar-refractivity contribution in [2.45, 2.75) is 19.4 Å². The van der Waals surface area contributed by atoms with E-state index in [4.69, 9.17) is 20.3 Å². The lowest BCUT2D eigenvalue weighted by Gasteiger charge is -2.16. The van der Waals surface area contributed by atoms with E-state index in [1.54, 1.807) is 11.8 Å². The van der Waals surface area contributed by atoms with E-state index in [1.165, 1.54) is 0 Å². The fourth-order valence-electron chi connectivity index (χ4n) is 1.83. The maximum Gasteiger partial charge on any atom is 0.217 e. The number of nitrogens with zero attached hydrogens (tertiary/aromatic N) is 2. The van der Waals surface area contributed by atoms with Gasteiger partial charge in [-0.05, 0) is 13.3 Å². The van der Waals surface area contributed by atoms with E-state index in [0.717, 1.165) is 11.3 Å². The van der Waals surface area contributed by atoms with E-state index in [1.807, 2.05) is 14.0 Å². The zero-order valence-electron chi connectivity index (χ0n) is 10.6. The molecule has 17 heavy (non-hydrogen) atoms. The molecule has 0 aromatic carbocycles. The minimum atomic E-state index is -0.245. The van der Waals surface area contributed by atoms with Crippen molar-refractivity contribution in [2.75, 3.05) is 26.9 Å². The molecular formula is C11H21N3O3. The fourth-order valence-corrected chi connectivity index (χ4v) is 1.83. The summed E-state index contributed by atoms with van der Waals surface area (Å²) in [6.07, 6.45) is 0.350. The summed E-state index contributed by atoms with van der Waals surface area (Å²) in [5.41, 5.74) is 7.44. The van der Waals surface area contributed by atoms with Gasteiger partial charge in [0.05, 0.1) is 18.4 Å². The first-order valence-electron chi connectivity index (χ1n) is 5.65. The lowest BCUT2D eigenvalue weighted by molar-refractivity contribution is 0.0468. The molecule has 1 rings (SSSR count). The first-order valence-corrected chi connectivity index (χ1v) is 5.65. The van der Waals surface area contributed by atoms with Gasteiger partial charge in [0.15, 0.2) is 0 Å². The number of nitrogens with two attached hydrogens (primary N) is 1. The number of hydrogen-bond donors (Lipinski definition) is 2. The van der Waals surface area contributed by atoms with Crippen LogP contribution in [0.5, 0.6) is 5.88 Å². The van der Waals surface area contributed by atoms with Gasteiger partial charge in [-0.15, -0.1) is 0 Å². The summed E-state index contributed by atoms with van der Waals surface area (Å²) >= 11 is 0. The lowest BCUT2D eigenvalue weighted by Crippen LogP contribution is -2.18. The number of methoxy groups -OCH3 is 1. The number of aliphatic hydroxyl groups is 1. The van der Waals surface area contributed by atoms with Gasteiger partial charge < -0.3 is 20.3 Å². The van der Waals surface area contributed by atoms with Crippen LogP contribution < -0.4 is 10.5 Å². The van der Waals surface area contributed by atoms with Crippen LogP contribution in [0.25, 0.3) is 0 Å². The molecule has 0 bridgehead atoms. The SMILES string of the molecule is COc1c(C(CN)OCCCO)c(C)nn1C. The molecule has 1 aromatic heterocycles. The Morgan fingerprint density at radius 1 is 1.53 bits per heavy atom. The lowest BCUT2D eigenvalue weighted by atomic mass is 10.1. The summed E-state index contributed by atoms with van der Waals surface area (Å²) < 4.78 is 12.6. The van der Waals surface area contributed by atoms with Crippen LogP contribution in [0.15, 0.2) is 0 Å². The predicted molar refractivity (Wildman–Crippen MR) is 63.9 cm³/mol. The van der Waals surface area contributed by atoms with Crippen LogP contribution in [0.1, 0.15) is 23.8 Å². The third-order valence-corrected chi connectivity index (χ3v) is 2.56. The molecule has 6 heteroatoms. The maximum atomic E-state index is 8.73. The zero-order chi connectivity index (χ0) is 12.8. The highest BCUT2D eigenvalue weighted by Gasteiger charge is 2.22. The van der Waals surface area contributed by atoms with Crippen molar-refractivity contribution < 1.29 is 14.6 Å². The normalized spacial score (nSPS) is 12.8. The quantitative estimate of drug-likeness (QED) is 0.665. The molecule has 0 amide bonds. The second-order valence-electron chi connectivity index (χ2n) is 3.80. The Morgan fingerprint density at radius 3 is 2.76 bits per heavy atom. The molecule has 98 valence electrons. The molecule has 0 saturated heterocycles. The largest absolute Gasteiger partial charge is 0.481 e. The van der Waals surface area contributed by atoms with Crippen LogP contribution in [-0.2, 0) is 11.8 Å². The molecule has 1 unspecified atom stereocenters. The Kier molecular flexibility index (Phi) is 5.40. The van der Waals surface area contributed by atoms with Crippen molar-refractivity contribution in [2.24, 2.45) is 12.8 Å². The molecule has 0 aliphatic heterocycles. The summed E-state index contributed by atoms with van der Waals surface area (Å²) in [5, 5.41) is 13.0. The molecule has 0 spiro atoms. The highest BCUT2D eigenvalue weighted by molar-refractivity contribution is 5.33. The molecular weight excluding hydrogens is 222 g/mol. The maximum absolute atomic E-state index is 8.73. The van der Waals surface area contributed by atoms with E-state index < -0.39 is 0 Å². The average molecular weight is 243 g/mol. The van der Waals surface area contributed by atoms with E-state index in [2.05, 4.69) is 5.10 Å². The molecule has 1 heterocycles. The van der Waals surface area contributed by atoms with Gasteiger partial charge in [0.2, 0.25) is 5.88 Å². The van der Waals surface area contributed by atoms with Crippen molar-refractivity contribution in [3.63, 3.8) is 0 Å². The van der Waals surface area contributed by atoms with E-state index >= 15 is 0 Å². The van der Waals surface area contributed by atoms with Gasteiger partial charge in [0.25, 0.3) is 0 Å². The first kappa shape index (κ1) is 14.0. The Hall–Kier alpha value is -1.11. The van der Waals surface area contributed by atoms with E-state index in [0.29, 0.717) is 25.5 Å². The van der Waals surface area contributed by atoms with Crippen molar-refractivity contribution in [3.05, 3.63) is 11.3 Å². The third kappa shape index (κ3) is 3.18. The molecule has 0 saturated carbocycles. The summed E-state index contributed by atoms with van der Waals surface area (Å²) in [4.78, 5) is 0. The van der Waals surface area contributed by atoms with Crippen LogP contribution in [0.2, 0.25) is 0 Å². The number of aromatic nitrogens is 2. The molecule has 1 atom stereocenters. The molecule has 0 aliphatic carbocycles. The number of rotatable bonds is 7. The standard InChI is InChI=1S/C11H21N3O3/c1-8-10(11(16-3)14(2)13-8)9(7-12)17-6-4-5-15/h9,15H,4-7,12H2,1-3H3. The summed E-state index contributed by atoms with van der Waals surface area (Å²) in [5.74, 6) is 0.668. The van der Waals surface area contributed by atoms with Gasteiger partial charge in [-0.3, -0.25) is 0 Å². The minimum Gasteiger partial charge on any atom is -0.481 e. The van der Waals surface area contributed by atoms with Crippen molar-refractivity contribution in [3.8, 4) is 5.88 Å². The van der Waals surface area contributed by atoms with Crippen molar-refractivity contribution in [1.82, 2.24) is 9.78 Å². The number of ether oxygens (including phenoxy) is 2. The molecule has 1 aromatic rings. The molecule has 3 N–H and O–H groups in total. The highest BCUT2D eigenvalue weighted by atomic mass is 16.5. The summed E-state index contributed by atoms with van der Waals surface area (Å²) in [6.45, 7) is 2.83. The van der Waals surface area contributed by atoms with Crippen LogP contribution in [0.4, 0.5) is 0 Å². The van der Waals surface area contributed by atoms with Crippen LogP contribution >= 0.6 is 0 Å². The van der Waals surface area contributed by atoms with Crippen LogP contribution in [-0.4, -0.2) is 41.8 Å². The number of hydrogen-bond acceptors (Lipinski definition) is 5. The first-order chi connectivity index (χ1) is 8.15. The Labute approximate surface area is 101 Å². The Balaban J connectivity index is 2.86. The zero-order valence-corrected chi connectivity index (χ0v) is 10.6. The minimum absolute atomic E-state index is 0.112. The van der Waals surface area contributed by atoms with Crippen molar-refractivity contribution >= 4 is 0 Å². The molecule has 0 fully saturated rings. The fraction of sp³-hybridized carbons (Fsp3) is 0.727. The second-order valence-corrected chi connectivity index (χ2v) is 3.80. The van der Waals surface area contributed by atoms with Crippen LogP contribution in [0.3, 0.4) is 0 Å². The monoisotopic (exact) mass is 243 g/mol. The van der Waals surface area contributed by atoms with Crippen LogP contribution in [0, 0.1) is 6.92 Å². The highest BCUT2D eigenvalue weighted by Crippen LogP contribution is 2.29. The van der Waals surface area contributed by atoms with Gasteiger partial charge in [0.1, 0.15) is 6.10 Å². The third-order valence-electron chi connectivity index (χ3n) is 2.56. The molecule has 0 radical (unpaired) electrons. The average Bonchev–Trinajstić information content (AvgIpc) is 2.59. The Bertz CT molecular complexity index is 352. The van der Waals surface area contributed by atoms with E-state index in [9.17, 15) is 0 Å². The van der Waals surface area contributed by atoms with Crippen molar-refractivity contribution in [1.29, 1.82) is 0 Å². The van der Waals surface area contributed by atoms with Gasteiger partial charge in [-0.2, -0.15) is 5.10 Å². The van der Waals surface area contributed by atoms with Gasteiger partial charge >= 0.3 is 0 Å². The molecule has 6 nitrogen and oxygen atoms in total. The summed E-state index contributed by atoms with van der Waals surface area (Å²) in [7, 11) is 3.41.